The third kappa shape index (κ3) is 4.84. The second-order valence-corrected chi connectivity index (χ2v) is 5.60. The van der Waals surface area contributed by atoms with Crippen LogP contribution in [0.25, 0.3) is 0 Å². The van der Waals surface area contributed by atoms with Crippen LogP contribution in [0.5, 0.6) is 0 Å². The van der Waals surface area contributed by atoms with Gasteiger partial charge in [0.05, 0.1) is 6.61 Å². The highest BCUT2D eigenvalue weighted by Gasteiger charge is 2.19. The molecule has 1 N–H and O–H groups in total. The summed E-state index contributed by atoms with van der Waals surface area (Å²) in [4.78, 5) is 2.58. The molecule has 106 valence electrons. The third-order valence-corrected chi connectivity index (χ3v) is 4.09. The molecule has 2 aliphatic heterocycles. The normalized spacial score (nSPS) is 27.5. The molecule has 0 aromatic carbocycles. The Morgan fingerprint density at radius 1 is 1.28 bits per heavy atom. The smallest absolute Gasteiger partial charge is 0.0502 e. The highest BCUT2D eigenvalue weighted by atomic mass is 16.5. The van der Waals surface area contributed by atoms with Crippen LogP contribution in [0.2, 0.25) is 0 Å². The van der Waals surface area contributed by atoms with E-state index in [1.165, 1.54) is 45.3 Å². The molecule has 0 saturated carbocycles. The number of piperidine rings is 1. The van der Waals surface area contributed by atoms with Gasteiger partial charge >= 0.3 is 0 Å². The van der Waals surface area contributed by atoms with Crippen LogP contribution in [0.4, 0.5) is 0 Å². The van der Waals surface area contributed by atoms with E-state index in [9.17, 15) is 0 Å². The van der Waals surface area contributed by atoms with Crippen molar-refractivity contribution in [3.8, 4) is 0 Å². The molecule has 4 heteroatoms. The molecule has 0 amide bonds. The summed E-state index contributed by atoms with van der Waals surface area (Å²) in [5.74, 6) is 0.742. The van der Waals surface area contributed by atoms with Gasteiger partial charge in [0.2, 0.25) is 0 Å². The zero-order chi connectivity index (χ0) is 12.6. The van der Waals surface area contributed by atoms with E-state index >= 15 is 0 Å². The van der Waals surface area contributed by atoms with Crippen LogP contribution < -0.4 is 5.32 Å². The highest BCUT2D eigenvalue weighted by Crippen LogP contribution is 2.16. The SMILES string of the molecule is COCC1CCCN(CCNC2CCOCC2)C1. The topological polar surface area (TPSA) is 33.7 Å². The van der Waals surface area contributed by atoms with E-state index in [0.717, 1.165) is 32.3 Å². The lowest BCUT2D eigenvalue weighted by atomic mass is 9.99. The standard InChI is InChI=1S/C14H28N2O2/c1-17-12-13-3-2-7-16(11-13)8-6-15-14-4-9-18-10-5-14/h13-15H,2-12H2,1H3. The summed E-state index contributed by atoms with van der Waals surface area (Å²) in [5.41, 5.74) is 0. The molecule has 18 heavy (non-hydrogen) atoms. The lowest BCUT2D eigenvalue weighted by Crippen LogP contribution is -2.43. The maximum atomic E-state index is 5.37. The third-order valence-electron chi connectivity index (χ3n) is 4.09. The van der Waals surface area contributed by atoms with Gasteiger partial charge in [0.25, 0.3) is 0 Å². The van der Waals surface area contributed by atoms with E-state index in [2.05, 4.69) is 10.2 Å². The Kier molecular flexibility index (Phi) is 6.41. The first-order valence-electron chi connectivity index (χ1n) is 7.41. The summed E-state index contributed by atoms with van der Waals surface area (Å²) in [6.07, 6.45) is 5.00. The van der Waals surface area contributed by atoms with E-state index in [0.29, 0.717) is 6.04 Å². The molecular weight excluding hydrogens is 228 g/mol. The number of methoxy groups -OCH3 is 1. The average molecular weight is 256 g/mol. The van der Waals surface area contributed by atoms with Crippen molar-refractivity contribution in [2.24, 2.45) is 5.92 Å². The van der Waals surface area contributed by atoms with Gasteiger partial charge in [0, 0.05) is 46.0 Å². The summed E-state index contributed by atoms with van der Waals surface area (Å²) < 4.78 is 10.6. The number of likely N-dealkylation sites (tertiary alicyclic amines) is 1. The van der Waals surface area contributed by atoms with Gasteiger partial charge in [-0.1, -0.05) is 0 Å². The Hall–Kier alpha value is -0.160. The number of hydrogen-bond acceptors (Lipinski definition) is 4. The van der Waals surface area contributed by atoms with Crippen molar-refractivity contribution >= 4 is 0 Å². The second-order valence-electron chi connectivity index (χ2n) is 5.60. The van der Waals surface area contributed by atoms with Gasteiger partial charge in [-0.05, 0) is 38.1 Å². The molecule has 0 spiro atoms. The van der Waals surface area contributed by atoms with E-state index in [1.807, 2.05) is 7.11 Å². The van der Waals surface area contributed by atoms with Crippen molar-refractivity contribution in [3.63, 3.8) is 0 Å². The van der Waals surface area contributed by atoms with Gasteiger partial charge in [-0.3, -0.25) is 0 Å². The lowest BCUT2D eigenvalue weighted by molar-refractivity contribution is 0.0733. The summed E-state index contributed by atoms with van der Waals surface area (Å²) in [6, 6.07) is 0.679. The minimum Gasteiger partial charge on any atom is -0.384 e. The zero-order valence-corrected chi connectivity index (χ0v) is 11.7. The summed E-state index contributed by atoms with van der Waals surface area (Å²) >= 11 is 0. The number of nitrogens with one attached hydrogen (secondary N) is 1. The fourth-order valence-electron chi connectivity index (χ4n) is 3.05. The predicted molar refractivity (Wildman–Crippen MR) is 72.9 cm³/mol. The van der Waals surface area contributed by atoms with E-state index in [4.69, 9.17) is 9.47 Å². The molecule has 0 aliphatic carbocycles. The molecule has 0 radical (unpaired) electrons. The van der Waals surface area contributed by atoms with Crippen LogP contribution >= 0.6 is 0 Å². The van der Waals surface area contributed by atoms with E-state index < -0.39 is 0 Å². The van der Waals surface area contributed by atoms with Gasteiger partial charge in [0.1, 0.15) is 0 Å². The summed E-state index contributed by atoms with van der Waals surface area (Å²) in [7, 11) is 1.81. The first-order chi connectivity index (χ1) is 8.88. The monoisotopic (exact) mass is 256 g/mol. The van der Waals surface area contributed by atoms with Gasteiger partial charge in [0.15, 0.2) is 0 Å². The van der Waals surface area contributed by atoms with Gasteiger partial charge in [-0.25, -0.2) is 0 Å². The van der Waals surface area contributed by atoms with Crippen LogP contribution in [-0.2, 0) is 9.47 Å². The Bertz CT molecular complexity index is 218. The van der Waals surface area contributed by atoms with Crippen LogP contribution in [0.15, 0.2) is 0 Å². The predicted octanol–water partition coefficient (Wildman–Crippen LogP) is 1.11. The quantitative estimate of drug-likeness (QED) is 0.772. The molecule has 1 atom stereocenters. The molecule has 2 fully saturated rings. The van der Waals surface area contributed by atoms with Crippen LogP contribution in [0.1, 0.15) is 25.7 Å². The summed E-state index contributed by atoms with van der Waals surface area (Å²) in [6.45, 7) is 7.54. The van der Waals surface area contributed by atoms with Crippen molar-refractivity contribution in [1.82, 2.24) is 10.2 Å². The number of nitrogens with zero attached hydrogens (tertiary/aromatic N) is 1. The first-order valence-corrected chi connectivity index (χ1v) is 7.41. The molecule has 2 heterocycles. The average Bonchev–Trinajstić information content (AvgIpc) is 2.41. The fraction of sp³-hybridized carbons (Fsp3) is 1.00. The molecular formula is C14H28N2O2. The Morgan fingerprint density at radius 2 is 2.11 bits per heavy atom. The van der Waals surface area contributed by atoms with Crippen LogP contribution in [-0.4, -0.2) is 64.1 Å². The number of rotatable bonds is 6. The first kappa shape index (κ1) is 14.3. The number of ether oxygens (including phenoxy) is 2. The largest absolute Gasteiger partial charge is 0.384 e. The lowest BCUT2D eigenvalue weighted by Gasteiger charge is -2.33. The van der Waals surface area contributed by atoms with Crippen molar-refractivity contribution in [2.45, 2.75) is 31.7 Å². The maximum absolute atomic E-state index is 5.37. The molecule has 1 unspecified atom stereocenters. The van der Waals surface area contributed by atoms with Gasteiger partial charge in [-0.2, -0.15) is 0 Å². The molecule has 2 saturated heterocycles. The van der Waals surface area contributed by atoms with Crippen molar-refractivity contribution < 1.29 is 9.47 Å². The van der Waals surface area contributed by atoms with E-state index in [-0.39, 0.29) is 0 Å². The Balaban J connectivity index is 1.57. The Morgan fingerprint density at radius 3 is 2.89 bits per heavy atom. The van der Waals surface area contributed by atoms with Gasteiger partial charge in [-0.15, -0.1) is 0 Å². The molecule has 4 nitrogen and oxygen atoms in total. The minimum atomic E-state index is 0.679. The minimum absolute atomic E-state index is 0.679. The Labute approximate surface area is 111 Å². The van der Waals surface area contributed by atoms with E-state index in [1.54, 1.807) is 0 Å². The molecule has 2 rings (SSSR count). The maximum Gasteiger partial charge on any atom is 0.0502 e. The molecule has 2 aliphatic rings. The molecule has 0 bridgehead atoms. The summed E-state index contributed by atoms with van der Waals surface area (Å²) in [5, 5.41) is 3.66. The fourth-order valence-corrected chi connectivity index (χ4v) is 3.05. The highest BCUT2D eigenvalue weighted by molar-refractivity contribution is 4.75. The number of hydrogen-bond donors (Lipinski definition) is 1. The second kappa shape index (κ2) is 8.10. The molecule has 0 aromatic heterocycles. The van der Waals surface area contributed by atoms with Crippen molar-refractivity contribution in [2.75, 3.05) is 53.1 Å². The van der Waals surface area contributed by atoms with Crippen LogP contribution in [0, 0.1) is 5.92 Å². The van der Waals surface area contributed by atoms with Crippen molar-refractivity contribution in [3.05, 3.63) is 0 Å². The van der Waals surface area contributed by atoms with Crippen molar-refractivity contribution in [1.29, 1.82) is 0 Å². The van der Waals surface area contributed by atoms with Gasteiger partial charge < -0.3 is 19.7 Å². The van der Waals surface area contributed by atoms with Crippen LogP contribution in [0.3, 0.4) is 0 Å². The zero-order valence-electron chi connectivity index (χ0n) is 11.7. The molecule has 0 aromatic rings.